The van der Waals surface area contributed by atoms with E-state index in [1.807, 2.05) is 0 Å². The molecule has 90 valence electrons. The molecule has 0 bridgehead atoms. The van der Waals surface area contributed by atoms with Gasteiger partial charge in [-0.25, -0.2) is 0 Å². The minimum atomic E-state index is -0.119. The molecular weight excluding hydrogens is 188 g/mol. The van der Waals surface area contributed by atoms with Gasteiger partial charge < -0.3 is 9.84 Å². The molecule has 1 N–H and O–H groups in total. The molecule has 0 heterocycles. The lowest BCUT2D eigenvalue weighted by atomic mass is 9.99. The Balaban J connectivity index is 1.94. The van der Waals surface area contributed by atoms with Crippen molar-refractivity contribution < 1.29 is 9.84 Å². The van der Waals surface area contributed by atoms with Crippen molar-refractivity contribution in [3.8, 4) is 0 Å². The molecule has 0 aliphatic heterocycles. The molecule has 0 spiro atoms. The average Bonchev–Trinajstić information content (AvgIpc) is 2.69. The summed E-state index contributed by atoms with van der Waals surface area (Å²) in [4.78, 5) is 0. The van der Waals surface area contributed by atoms with Crippen LogP contribution in [-0.2, 0) is 4.74 Å². The Labute approximate surface area is 94.0 Å². The monoisotopic (exact) mass is 214 g/mol. The molecule has 1 saturated carbocycles. The minimum absolute atomic E-state index is 0.119. The average molecular weight is 214 g/mol. The van der Waals surface area contributed by atoms with Crippen LogP contribution in [0.1, 0.15) is 52.4 Å². The maximum atomic E-state index is 9.88. The summed E-state index contributed by atoms with van der Waals surface area (Å²) in [6.07, 6.45) is 6.86. The zero-order valence-corrected chi connectivity index (χ0v) is 10.2. The molecule has 0 aromatic carbocycles. The van der Waals surface area contributed by atoms with Crippen LogP contribution in [0.3, 0.4) is 0 Å². The third kappa shape index (κ3) is 5.53. The molecule has 1 unspecified atom stereocenters. The van der Waals surface area contributed by atoms with Crippen LogP contribution >= 0.6 is 0 Å². The number of rotatable bonds is 7. The molecule has 1 rings (SSSR count). The number of aliphatic hydroxyl groups excluding tert-OH is 1. The molecule has 0 amide bonds. The van der Waals surface area contributed by atoms with Gasteiger partial charge in [-0.05, 0) is 37.5 Å². The molecule has 1 atom stereocenters. The van der Waals surface area contributed by atoms with E-state index < -0.39 is 0 Å². The van der Waals surface area contributed by atoms with Gasteiger partial charge in [0, 0.05) is 13.2 Å². The maximum Gasteiger partial charge on any atom is 0.0590 e. The van der Waals surface area contributed by atoms with Crippen LogP contribution in [0.25, 0.3) is 0 Å². The highest BCUT2D eigenvalue weighted by Crippen LogP contribution is 2.28. The van der Waals surface area contributed by atoms with Crippen molar-refractivity contribution in [3.63, 3.8) is 0 Å². The Morgan fingerprint density at radius 3 is 2.33 bits per heavy atom. The second-order valence-electron chi connectivity index (χ2n) is 5.20. The lowest BCUT2D eigenvalue weighted by Crippen LogP contribution is -2.19. The van der Waals surface area contributed by atoms with Crippen molar-refractivity contribution in [3.05, 3.63) is 0 Å². The van der Waals surface area contributed by atoms with E-state index in [-0.39, 0.29) is 6.10 Å². The highest BCUT2D eigenvalue weighted by Gasteiger charge is 2.22. The van der Waals surface area contributed by atoms with Gasteiger partial charge in [-0.3, -0.25) is 0 Å². The Hall–Kier alpha value is -0.0800. The van der Waals surface area contributed by atoms with E-state index in [9.17, 15) is 5.11 Å². The lowest BCUT2D eigenvalue weighted by molar-refractivity contribution is 0.0494. The van der Waals surface area contributed by atoms with Gasteiger partial charge in [0.1, 0.15) is 0 Å². The fourth-order valence-corrected chi connectivity index (χ4v) is 2.20. The van der Waals surface area contributed by atoms with Crippen LogP contribution in [0.15, 0.2) is 0 Å². The summed E-state index contributed by atoms with van der Waals surface area (Å²) in [7, 11) is 0. The topological polar surface area (TPSA) is 29.5 Å². The highest BCUT2D eigenvalue weighted by molar-refractivity contribution is 4.74. The highest BCUT2D eigenvalue weighted by atomic mass is 16.5. The van der Waals surface area contributed by atoms with E-state index >= 15 is 0 Å². The van der Waals surface area contributed by atoms with Gasteiger partial charge in [-0.15, -0.1) is 0 Å². The summed E-state index contributed by atoms with van der Waals surface area (Å²) < 4.78 is 5.51. The van der Waals surface area contributed by atoms with Crippen LogP contribution in [0.2, 0.25) is 0 Å². The van der Waals surface area contributed by atoms with E-state index in [0.29, 0.717) is 11.8 Å². The van der Waals surface area contributed by atoms with Crippen molar-refractivity contribution >= 4 is 0 Å². The van der Waals surface area contributed by atoms with Gasteiger partial charge in [-0.2, -0.15) is 0 Å². The largest absolute Gasteiger partial charge is 0.393 e. The quantitative estimate of drug-likeness (QED) is 0.660. The van der Waals surface area contributed by atoms with Gasteiger partial charge in [0.05, 0.1) is 6.10 Å². The molecule has 1 fully saturated rings. The standard InChI is InChI=1S/C13H26O2/c1-11(2)7-9-15-10-8-13(14)12-5-3-4-6-12/h11-14H,3-10H2,1-2H3. The van der Waals surface area contributed by atoms with Crippen LogP contribution < -0.4 is 0 Å². The second-order valence-corrected chi connectivity index (χ2v) is 5.20. The number of hydrogen-bond acceptors (Lipinski definition) is 2. The molecule has 0 aromatic rings. The summed E-state index contributed by atoms with van der Waals surface area (Å²) >= 11 is 0. The first kappa shape index (κ1) is 13.0. The Kier molecular flexibility index (Phi) is 6.26. The summed E-state index contributed by atoms with van der Waals surface area (Å²) in [6, 6.07) is 0. The Morgan fingerprint density at radius 2 is 1.73 bits per heavy atom. The maximum absolute atomic E-state index is 9.88. The number of ether oxygens (including phenoxy) is 1. The molecule has 15 heavy (non-hydrogen) atoms. The smallest absolute Gasteiger partial charge is 0.0590 e. The first-order valence-electron chi connectivity index (χ1n) is 6.46. The van der Waals surface area contributed by atoms with E-state index in [1.54, 1.807) is 0 Å². The Morgan fingerprint density at radius 1 is 1.13 bits per heavy atom. The molecule has 1 aliphatic carbocycles. The molecule has 2 nitrogen and oxygen atoms in total. The second kappa shape index (κ2) is 7.24. The molecular formula is C13H26O2. The van der Waals surface area contributed by atoms with E-state index in [1.165, 1.54) is 25.7 Å². The molecule has 1 aliphatic rings. The van der Waals surface area contributed by atoms with Gasteiger partial charge in [0.2, 0.25) is 0 Å². The summed E-state index contributed by atoms with van der Waals surface area (Å²) in [5.74, 6) is 1.27. The minimum Gasteiger partial charge on any atom is -0.393 e. The van der Waals surface area contributed by atoms with Crippen LogP contribution in [0.5, 0.6) is 0 Å². The van der Waals surface area contributed by atoms with Crippen LogP contribution in [-0.4, -0.2) is 24.4 Å². The summed E-state index contributed by atoms with van der Waals surface area (Å²) in [5, 5.41) is 9.88. The van der Waals surface area contributed by atoms with Crippen molar-refractivity contribution in [2.45, 2.75) is 58.5 Å². The van der Waals surface area contributed by atoms with Crippen LogP contribution in [0, 0.1) is 11.8 Å². The normalized spacial score (nSPS) is 20.0. The van der Waals surface area contributed by atoms with Crippen molar-refractivity contribution in [2.24, 2.45) is 11.8 Å². The van der Waals surface area contributed by atoms with Crippen LogP contribution in [0.4, 0.5) is 0 Å². The summed E-state index contributed by atoms with van der Waals surface area (Å²) in [6.45, 7) is 5.98. The van der Waals surface area contributed by atoms with E-state index in [2.05, 4.69) is 13.8 Å². The fraction of sp³-hybridized carbons (Fsp3) is 1.00. The molecule has 0 aromatic heterocycles. The first-order chi connectivity index (χ1) is 7.20. The van der Waals surface area contributed by atoms with Crippen molar-refractivity contribution in [2.75, 3.05) is 13.2 Å². The third-order valence-electron chi connectivity index (χ3n) is 3.34. The van der Waals surface area contributed by atoms with E-state index in [4.69, 9.17) is 4.74 Å². The number of aliphatic hydroxyl groups is 1. The molecule has 0 saturated heterocycles. The molecule has 2 heteroatoms. The first-order valence-corrected chi connectivity index (χ1v) is 6.46. The van der Waals surface area contributed by atoms with Gasteiger partial charge in [0.25, 0.3) is 0 Å². The van der Waals surface area contributed by atoms with Gasteiger partial charge in [0.15, 0.2) is 0 Å². The SMILES string of the molecule is CC(C)CCOCCC(O)C1CCCC1. The summed E-state index contributed by atoms with van der Waals surface area (Å²) in [5.41, 5.74) is 0. The van der Waals surface area contributed by atoms with Crippen molar-refractivity contribution in [1.29, 1.82) is 0 Å². The van der Waals surface area contributed by atoms with Crippen molar-refractivity contribution in [1.82, 2.24) is 0 Å². The van der Waals surface area contributed by atoms with Gasteiger partial charge >= 0.3 is 0 Å². The molecule has 0 radical (unpaired) electrons. The zero-order chi connectivity index (χ0) is 11.1. The zero-order valence-electron chi connectivity index (χ0n) is 10.2. The predicted molar refractivity (Wildman–Crippen MR) is 62.9 cm³/mol. The van der Waals surface area contributed by atoms with Gasteiger partial charge in [-0.1, -0.05) is 26.7 Å². The lowest BCUT2D eigenvalue weighted by Gasteiger charge is -2.17. The number of hydrogen-bond donors (Lipinski definition) is 1. The Bertz CT molecular complexity index is 151. The third-order valence-corrected chi connectivity index (χ3v) is 3.34. The predicted octanol–water partition coefficient (Wildman–Crippen LogP) is 2.99. The van der Waals surface area contributed by atoms with E-state index in [0.717, 1.165) is 26.1 Å². The fourth-order valence-electron chi connectivity index (χ4n) is 2.20.